The summed E-state index contributed by atoms with van der Waals surface area (Å²) in [5.41, 5.74) is 4.00. The standard InChI is InChI=1S/C21H17ClF3N7O/c1-30-10-26-29-19(30)13-8-27-31(2)18(13)11-6-16(22)28-17(7-11)32-9-14-12(20(32)33)4-3-5-15(14)21(23,24)25/h3-8,26H,9-10H2,1-2H3. The van der Waals surface area contributed by atoms with Gasteiger partial charge in [0.15, 0.2) is 5.84 Å². The Kier molecular flexibility index (Phi) is 4.82. The molecule has 0 bridgehead atoms. The Balaban J connectivity index is 1.58. The number of anilines is 1. The van der Waals surface area contributed by atoms with Crippen LogP contribution in [-0.2, 0) is 19.8 Å². The first-order valence-electron chi connectivity index (χ1n) is 9.88. The van der Waals surface area contributed by atoms with Gasteiger partial charge in [0.2, 0.25) is 0 Å². The fourth-order valence-corrected chi connectivity index (χ4v) is 4.33. The quantitative estimate of drug-likeness (QED) is 0.587. The Morgan fingerprint density at radius 1 is 1.15 bits per heavy atom. The summed E-state index contributed by atoms with van der Waals surface area (Å²) in [6, 6.07) is 6.82. The molecule has 1 N–H and O–H groups in total. The Morgan fingerprint density at radius 3 is 2.64 bits per heavy atom. The number of halogens is 4. The molecule has 2 aliphatic rings. The summed E-state index contributed by atoms with van der Waals surface area (Å²) < 4.78 is 42.1. The second-order valence-electron chi connectivity index (χ2n) is 7.74. The van der Waals surface area contributed by atoms with Crippen LogP contribution in [0.15, 0.2) is 41.6 Å². The lowest BCUT2D eigenvalue weighted by Crippen LogP contribution is -2.25. The number of aryl methyl sites for hydroxylation is 1. The number of rotatable bonds is 3. The fourth-order valence-electron chi connectivity index (χ4n) is 4.13. The predicted octanol–water partition coefficient (Wildman–Crippen LogP) is 3.47. The first-order chi connectivity index (χ1) is 15.6. The number of aromatic nitrogens is 3. The molecule has 5 rings (SSSR count). The van der Waals surface area contributed by atoms with Crippen LogP contribution in [0.2, 0.25) is 5.15 Å². The molecule has 1 amide bonds. The largest absolute Gasteiger partial charge is 0.416 e. The average molecular weight is 476 g/mol. The molecule has 0 aliphatic carbocycles. The average Bonchev–Trinajstić information content (AvgIpc) is 3.43. The van der Waals surface area contributed by atoms with Gasteiger partial charge in [0.05, 0.1) is 29.6 Å². The Labute approximate surface area is 191 Å². The molecular formula is C21H17ClF3N7O. The molecular weight excluding hydrogens is 459 g/mol. The number of amides is 1. The molecule has 33 heavy (non-hydrogen) atoms. The van der Waals surface area contributed by atoms with E-state index in [1.807, 2.05) is 11.9 Å². The summed E-state index contributed by atoms with van der Waals surface area (Å²) in [7, 11) is 3.63. The van der Waals surface area contributed by atoms with Gasteiger partial charge >= 0.3 is 6.18 Å². The lowest BCUT2D eigenvalue weighted by Gasteiger charge is -2.18. The highest BCUT2D eigenvalue weighted by Crippen LogP contribution is 2.39. The summed E-state index contributed by atoms with van der Waals surface area (Å²) in [5, 5.41) is 8.72. The maximum atomic E-state index is 13.5. The van der Waals surface area contributed by atoms with Gasteiger partial charge in [-0.15, -0.1) is 0 Å². The molecule has 0 saturated carbocycles. The third-order valence-electron chi connectivity index (χ3n) is 5.64. The molecule has 0 atom stereocenters. The van der Waals surface area contributed by atoms with Crippen LogP contribution in [0.4, 0.5) is 19.0 Å². The molecule has 0 saturated heterocycles. The van der Waals surface area contributed by atoms with Gasteiger partial charge in [-0.25, -0.2) is 4.98 Å². The van der Waals surface area contributed by atoms with Crippen LogP contribution >= 0.6 is 11.6 Å². The van der Waals surface area contributed by atoms with E-state index in [9.17, 15) is 18.0 Å². The number of carbonyl (C=O) groups excluding carboxylic acids is 1. The number of amidine groups is 1. The number of hydrazone groups is 1. The van der Waals surface area contributed by atoms with Crippen LogP contribution in [0.25, 0.3) is 11.3 Å². The molecule has 4 heterocycles. The van der Waals surface area contributed by atoms with E-state index in [1.165, 1.54) is 17.0 Å². The minimum Gasteiger partial charge on any atom is -0.339 e. The molecule has 12 heteroatoms. The number of pyridine rings is 1. The highest BCUT2D eigenvalue weighted by Gasteiger charge is 2.40. The Morgan fingerprint density at radius 2 is 1.94 bits per heavy atom. The lowest BCUT2D eigenvalue weighted by atomic mass is 10.0. The zero-order valence-corrected chi connectivity index (χ0v) is 18.2. The van der Waals surface area contributed by atoms with Crippen molar-refractivity contribution in [3.8, 4) is 11.3 Å². The lowest BCUT2D eigenvalue weighted by molar-refractivity contribution is -0.138. The van der Waals surface area contributed by atoms with E-state index >= 15 is 0 Å². The first-order valence-corrected chi connectivity index (χ1v) is 10.3. The van der Waals surface area contributed by atoms with E-state index in [-0.39, 0.29) is 28.6 Å². The van der Waals surface area contributed by atoms with Crippen LogP contribution in [-0.4, -0.2) is 45.1 Å². The molecule has 0 spiro atoms. The molecule has 1 aromatic carbocycles. The maximum absolute atomic E-state index is 13.5. The van der Waals surface area contributed by atoms with E-state index in [1.54, 1.807) is 30.1 Å². The normalized spacial score (nSPS) is 15.7. The number of nitrogens with zero attached hydrogens (tertiary/aromatic N) is 6. The van der Waals surface area contributed by atoms with Crippen LogP contribution in [0.1, 0.15) is 27.0 Å². The van der Waals surface area contributed by atoms with Crippen molar-refractivity contribution in [3.63, 3.8) is 0 Å². The highest BCUT2D eigenvalue weighted by molar-refractivity contribution is 6.30. The monoisotopic (exact) mass is 475 g/mol. The third-order valence-corrected chi connectivity index (χ3v) is 5.83. The van der Waals surface area contributed by atoms with Crippen molar-refractivity contribution in [2.75, 3.05) is 18.6 Å². The van der Waals surface area contributed by atoms with E-state index < -0.39 is 17.6 Å². The molecule has 0 radical (unpaired) electrons. The van der Waals surface area contributed by atoms with Gasteiger partial charge in [-0.3, -0.25) is 19.8 Å². The van der Waals surface area contributed by atoms with Gasteiger partial charge in [-0.05, 0) is 29.8 Å². The summed E-state index contributed by atoms with van der Waals surface area (Å²) >= 11 is 6.29. The SMILES string of the molecule is CN1CNN=C1c1cnn(C)c1-c1cc(Cl)nc(N2Cc3c(cccc3C(F)(F)F)C2=O)c1. The van der Waals surface area contributed by atoms with Crippen molar-refractivity contribution >= 4 is 29.2 Å². The van der Waals surface area contributed by atoms with E-state index in [4.69, 9.17) is 11.6 Å². The summed E-state index contributed by atoms with van der Waals surface area (Å²) in [6.45, 7) is 0.280. The zero-order valence-electron chi connectivity index (χ0n) is 17.5. The topological polar surface area (TPSA) is 78.7 Å². The van der Waals surface area contributed by atoms with E-state index in [0.29, 0.717) is 23.8 Å². The number of fused-ring (bicyclic) bond motifs is 1. The minimum atomic E-state index is -4.57. The van der Waals surface area contributed by atoms with Crippen LogP contribution in [0.3, 0.4) is 0 Å². The number of hydrogen-bond acceptors (Lipinski definition) is 6. The van der Waals surface area contributed by atoms with Crippen molar-refractivity contribution in [3.05, 3.63) is 63.9 Å². The molecule has 2 aliphatic heterocycles. The van der Waals surface area contributed by atoms with E-state index in [0.717, 1.165) is 11.6 Å². The van der Waals surface area contributed by atoms with Gasteiger partial charge in [0.25, 0.3) is 5.91 Å². The second kappa shape index (κ2) is 7.48. The minimum absolute atomic E-state index is 0.00221. The smallest absolute Gasteiger partial charge is 0.339 e. The molecule has 8 nitrogen and oxygen atoms in total. The molecule has 0 fully saturated rings. The van der Waals surface area contributed by atoms with Gasteiger partial charge in [0.1, 0.15) is 17.6 Å². The van der Waals surface area contributed by atoms with Gasteiger partial charge in [0, 0.05) is 25.2 Å². The Bertz CT molecular complexity index is 1320. The maximum Gasteiger partial charge on any atom is 0.416 e. The fraction of sp³-hybridized carbons (Fsp3) is 0.238. The Hall–Kier alpha value is -3.60. The molecule has 170 valence electrons. The van der Waals surface area contributed by atoms with Crippen molar-refractivity contribution in [1.82, 2.24) is 25.1 Å². The van der Waals surface area contributed by atoms with Gasteiger partial charge < -0.3 is 4.90 Å². The third kappa shape index (κ3) is 3.48. The summed E-state index contributed by atoms with van der Waals surface area (Å²) in [5.74, 6) is 0.261. The highest BCUT2D eigenvalue weighted by atomic mass is 35.5. The molecule has 0 unspecified atom stereocenters. The number of nitrogens with one attached hydrogen (secondary N) is 1. The molecule has 2 aromatic heterocycles. The van der Waals surface area contributed by atoms with Crippen molar-refractivity contribution in [2.45, 2.75) is 12.7 Å². The van der Waals surface area contributed by atoms with E-state index in [2.05, 4.69) is 20.6 Å². The zero-order chi connectivity index (χ0) is 23.5. The van der Waals surface area contributed by atoms with Crippen molar-refractivity contribution in [1.29, 1.82) is 0 Å². The first kappa shape index (κ1) is 21.3. The van der Waals surface area contributed by atoms with Gasteiger partial charge in [-0.2, -0.15) is 23.4 Å². The van der Waals surface area contributed by atoms with Crippen LogP contribution in [0.5, 0.6) is 0 Å². The van der Waals surface area contributed by atoms with Crippen molar-refractivity contribution < 1.29 is 18.0 Å². The van der Waals surface area contributed by atoms with Crippen LogP contribution < -0.4 is 10.3 Å². The second-order valence-corrected chi connectivity index (χ2v) is 8.12. The van der Waals surface area contributed by atoms with Crippen LogP contribution in [0, 0.1) is 0 Å². The number of hydrogen-bond donors (Lipinski definition) is 1. The number of benzene rings is 1. The number of carbonyl (C=O) groups is 1. The molecule has 3 aromatic rings. The predicted molar refractivity (Wildman–Crippen MR) is 116 cm³/mol. The number of alkyl halides is 3. The summed E-state index contributed by atoms with van der Waals surface area (Å²) in [4.78, 5) is 20.3. The van der Waals surface area contributed by atoms with Crippen molar-refractivity contribution in [2.24, 2.45) is 12.1 Å². The van der Waals surface area contributed by atoms with Gasteiger partial charge in [-0.1, -0.05) is 17.7 Å². The summed E-state index contributed by atoms with van der Waals surface area (Å²) in [6.07, 6.45) is -2.90.